The van der Waals surface area contributed by atoms with Crippen molar-refractivity contribution in [3.05, 3.63) is 71.4 Å². The average Bonchev–Trinajstić information content (AvgIpc) is 2.95. The van der Waals surface area contributed by atoms with Gasteiger partial charge in [-0.2, -0.15) is 0 Å². The van der Waals surface area contributed by atoms with E-state index in [-0.39, 0.29) is 0 Å². The molecule has 2 heteroatoms. The van der Waals surface area contributed by atoms with Crippen LogP contribution in [0.2, 0.25) is 0 Å². The Morgan fingerprint density at radius 1 is 1.05 bits per heavy atom. The van der Waals surface area contributed by atoms with Gasteiger partial charge in [-0.1, -0.05) is 30.3 Å². The number of H-pyrrole nitrogens is 1. The summed E-state index contributed by atoms with van der Waals surface area (Å²) >= 11 is 0. The Hall–Kier alpha value is -2.06. The van der Waals surface area contributed by atoms with E-state index >= 15 is 0 Å². The highest BCUT2D eigenvalue weighted by Crippen LogP contribution is 2.41. The van der Waals surface area contributed by atoms with Crippen LogP contribution in [-0.2, 0) is 12.0 Å². The van der Waals surface area contributed by atoms with Gasteiger partial charge in [0.1, 0.15) is 5.60 Å². The van der Waals surface area contributed by atoms with E-state index in [4.69, 9.17) is 0 Å². The topological polar surface area (TPSA) is 36.0 Å². The van der Waals surface area contributed by atoms with Gasteiger partial charge in [0, 0.05) is 11.7 Å². The first-order valence-electron chi connectivity index (χ1n) is 7.16. The Morgan fingerprint density at radius 2 is 1.95 bits per heavy atom. The zero-order valence-corrected chi connectivity index (χ0v) is 11.3. The molecule has 1 aliphatic carbocycles. The van der Waals surface area contributed by atoms with Gasteiger partial charge in [0.25, 0.3) is 0 Å². The van der Waals surface area contributed by atoms with Crippen LogP contribution in [0.5, 0.6) is 0 Å². The van der Waals surface area contributed by atoms with Crippen molar-refractivity contribution in [2.45, 2.75) is 24.9 Å². The van der Waals surface area contributed by atoms with Crippen molar-refractivity contribution >= 4 is 10.9 Å². The minimum Gasteiger partial charge on any atom is -0.380 e. The Bertz CT molecular complexity index is 774. The first kappa shape index (κ1) is 11.7. The fourth-order valence-electron chi connectivity index (χ4n) is 3.42. The molecule has 20 heavy (non-hydrogen) atoms. The van der Waals surface area contributed by atoms with E-state index in [9.17, 15) is 5.11 Å². The summed E-state index contributed by atoms with van der Waals surface area (Å²) in [5.74, 6) is 0. The first-order chi connectivity index (χ1) is 9.77. The van der Waals surface area contributed by atoms with Gasteiger partial charge in [-0.15, -0.1) is 0 Å². The first-order valence-corrected chi connectivity index (χ1v) is 7.16. The molecule has 0 spiro atoms. The predicted octanol–water partition coefficient (Wildman–Crippen LogP) is 3.74. The number of benzene rings is 2. The summed E-state index contributed by atoms with van der Waals surface area (Å²) in [5, 5.41) is 12.4. The maximum absolute atomic E-state index is 11.3. The molecule has 0 saturated carbocycles. The number of aromatic amines is 1. The number of aliphatic hydroxyl groups is 1. The van der Waals surface area contributed by atoms with E-state index in [2.05, 4.69) is 41.4 Å². The molecule has 0 aliphatic heterocycles. The summed E-state index contributed by atoms with van der Waals surface area (Å²) in [5.41, 5.74) is 3.61. The highest BCUT2D eigenvalue weighted by molar-refractivity contribution is 5.80. The molecule has 100 valence electrons. The summed E-state index contributed by atoms with van der Waals surface area (Å²) in [6, 6.07) is 16.5. The lowest BCUT2D eigenvalue weighted by atomic mass is 9.75. The van der Waals surface area contributed by atoms with Crippen molar-refractivity contribution < 1.29 is 5.11 Å². The zero-order chi connectivity index (χ0) is 13.6. The molecular formula is C18H17NO. The quantitative estimate of drug-likeness (QED) is 0.689. The minimum atomic E-state index is -0.847. The number of hydrogen-bond acceptors (Lipinski definition) is 1. The van der Waals surface area contributed by atoms with Gasteiger partial charge in [-0.25, -0.2) is 0 Å². The number of aromatic nitrogens is 1. The Balaban J connectivity index is 1.92. The van der Waals surface area contributed by atoms with Crippen LogP contribution in [0.15, 0.2) is 54.7 Å². The number of nitrogens with one attached hydrogen (secondary N) is 1. The number of hydrogen-bond donors (Lipinski definition) is 2. The van der Waals surface area contributed by atoms with Crippen LogP contribution in [0.1, 0.15) is 29.5 Å². The largest absolute Gasteiger partial charge is 0.380 e. The third-order valence-corrected chi connectivity index (χ3v) is 4.48. The summed E-state index contributed by atoms with van der Waals surface area (Å²) in [6.45, 7) is 0. The van der Waals surface area contributed by atoms with Gasteiger partial charge < -0.3 is 10.1 Å². The van der Waals surface area contributed by atoms with Crippen LogP contribution in [0.3, 0.4) is 0 Å². The zero-order valence-electron chi connectivity index (χ0n) is 11.3. The van der Waals surface area contributed by atoms with Gasteiger partial charge in [-0.3, -0.25) is 0 Å². The highest BCUT2D eigenvalue weighted by Gasteiger charge is 2.35. The summed E-state index contributed by atoms with van der Waals surface area (Å²) in [7, 11) is 0. The second-order valence-corrected chi connectivity index (χ2v) is 5.65. The summed E-state index contributed by atoms with van der Waals surface area (Å²) in [6.07, 6.45) is 4.82. The van der Waals surface area contributed by atoms with Crippen LogP contribution in [0.25, 0.3) is 10.9 Å². The van der Waals surface area contributed by atoms with Crippen LogP contribution >= 0.6 is 0 Å². The van der Waals surface area contributed by atoms with Gasteiger partial charge in [0.15, 0.2) is 0 Å². The molecule has 0 saturated heterocycles. The molecule has 0 bridgehead atoms. The van der Waals surface area contributed by atoms with E-state index in [1.165, 1.54) is 5.56 Å². The SMILES string of the molecule is OC1(c2ccc3[nH]ccc3c2)CCCc2ccccc21. The third-order valence-electron chi connectivity index (χ3n) is 4.48. The van der Waals surface area contributed by atoms with E-state index in [0.717, 1.165) is 41.3 Å². The molecule has 0 fully saturated rings. The Kier molecular flexibility index (Phi) is 2.48. The fraction of sp³-hybridized carbons (Fsp3) is 0.222. The van der Waals surface area contributed by atoms with E-state index in [0.29, 0.717) is 0 Å². The molecule has 2 aromatic carbocycles. The molecule has 1 aromatic heterocycles. The molecule has 4 rings (SSSR count). The maximum Gasteiger partial charge on any atom is 0.115 e. The lowest BCUT2D eigenvalue weighted by Crippen LogP contribution is -2.31. The predicted molar refractivity (Wildman–Crippen MR) is 80.7 cm³/mol. The van der Waals surface area contributed by atoms with Crippen LogP contribution in [0.4, 0.5) is 0 Å². The lowest BCUT2D eigenvalue weighted by Gasteiger charge is -2.35. The number of rotatable bonds is 1. The molecular weight excluding hydrogens is 246 g/mol. The summed E-state index contributed by atoms with van der Waals surface area (Å²) in [4.78, 5) is 3.20. The van der Waals surface area contributed by atoms with Gasteiger partial charge >= 0.3 is 0 Å². The van der Waals surface area contributed by atoms with Crippen LogP contribution < -0.4 is 0 Å². The molecule has 3 aromatic rings. The van der Waals surface area contributed by atoms with Gasteiger partial charge in [-0.05, 0) is 59.5 Å². The Morgan fingerprint density at radius 3 is 2.90 bits per heavy atom. The average molecular weight is 263 g/mol. The molecule has 1 heterocycles. The summed E-state index contributed by atoms with van der Waals surface area (Å²) < 4.78 is 0. The van der Waals surface area contributed by atoms with Crippen molar-refractivity contribution in [1.82, 2.24) is 4.98 Å². The van der Waals surface area contributed by atoms with Crippen molar-refractivity contribution in [3.8, 4) is 0 Å². The smallest absolute Gasteiger partial charge is 0.115 e. The standard InChI is InChI=1S/C18H17NO/c20-18(10-3-5-13-4-1-2-6-16(13)18)15-7-8-17-14(12-15)9-11-19-17/h1-2,4,6-9,11-12,19-20H,3,5,10H2. The molecule has 2 nitrogen and oxygen atoms in total. The number of aryl methyl sites for hydroxylation is 1. The maximum atomic E-state index is 11.3. The molecule has 1 aliphatic rings. The van der Waals surface area contributed by atoms with E-state index in [1.54, 1.807) is 0 Å². The van der Waals surface area contributed by atoms with Gasteiger partial charge in [0.2, 0.25) is 0 Å². The lowest BCUT2D eigenvalue weighted by molar-refractivity contribution is 0.0617. The normalized spacial score (nSPS) is 21.9. The number of fused-ring (bicyclic) bond motifs is 2. The third kappa shape index (κ3) is 1.61. The fourth-order valence-corrected chi connectivity index (χ4v) is 3.42. The monoisotopic (exact) mass is 263 g/mol. The minimum absolute atomic E-state index is 0.792. The highest BCUT2D eigenvalue weighted by atomic mass is 16.3. The van der Waals surface area contributed by atoms with Crippen LogP contribution in [-0.4, -0.2) is 10.1 Å². The van der Waals surface area contributed by atoms with E-state index in [1.807, 2.05) is 18.3 Å². The Labute approximate surface area is 118 Å². The van der Waals surface area contributed by atoms with Crippen molar-refractivity contribution in [2.75, 3.05) is 0 Å². The second-order valence-electron chi connectivity index (χ2n) is 5.65. The molecule has 0 radical (unpaired) electrons. The van der Waals surface area contributed by atoms with Crippen molar-refractivity contribution in [3.63, 3.8) is 0 Å². The molecule has 0 amide bonds. The molecule has 1 unspecified atom stereocenters. The molecule has 1 atom stereocenters. The van der Waals surface area contributed by atoms with Crippen molar-refractivity contribution in [1.29, 1.82) is 0 Å². The second kappa shape index (κ2) is 4.22. The van der Waals surface area contributed by atoms with Crippen molar-refractivity contribution in [2.24, 2.45) is 0 Å². The van der Waals surface area contributed by atoms with Crippen LogP contribution in [0, 0.1) is 0 Å². The van der Waals surface area contributed by atoms with Gasteiger partial charge in [0.05, 0.1) is 0 Å². The van der Waals surface area contributed by atoms with E-state index < -0.39 is 5.60 Å². The molecule has 2 N–H and O–H groups in total.